The molecule has 0 aliphatic rings. The first-order chi connectivity index (χ1) is 16.0. The second-order valence-corrected chi connectivity index (χ2v) is 11.1. The standard InChI is InChI=1S/C27H26N2O2S2/c1-22-17-19-26(20-18-22)33(30,31)29-27(23-11-5-2-6-12-23)21-28-32(24-13-7-3-8-14-24)25-15-9-4-10-16-25/h2-20,27,29H,21H2,1H3. The molecule has 0 amide bonds. The quantitative estimate of drug-likeness (QED) is 0.344. The first-order valence-corrected chi connectivity index (χ1v) is 13.4. The summed E-state index contributed by atoms with van der Waals surface area (Å²) in [6, 6.07) is 36.2. The lowest BCUT2D eigenvalue weighted by molar-refractivity contribution is 0.559. The van der Waals surface area contributed by atoms with E-state index in [1.54, 1.807) is 24.3 Å². The first-order valence-electron chi connectivity index (χ1n) is 10.7. The van der Waals surface area contributed by atoms with Crippen molar-refractivity contribution in [2.24, 2.45) is 4.36 Å². The largest absolute Gasteiger partial charge is 0.253 e. The van der Waals surface area contributed by atoms with Crippen LogP contribution in [-0.4, -0.2) is 15.0 Å². The zero-order valence-corrected chi connectivity index (χ0v) is 20.0. The van der Waals surface area contributed by atoms with Crippen LogP contribution in [-0.2, 0) is 20.7 Å². The Kier molecular flexibility index (Phi) is 7.50. The van der Waals surface area contributed by atoms with Gasteiger partial charge in [-0.1, -0.05) is 84.4 Å². The van der Waals surface area contributed by atoms with Crippen molar-refractivity contribution in [3.63, 3.8) is 0 Å². The molecule has 1 atom stereocenters. The van der Waals surface area contributed by atoms with E-state index in [1.807, 2.05) is 73.7 Å². The van der Waals surface area contributed by atoms with Crippen LogP contribution in [0.25, 0.3) is 0 Å². The summed E-state index contributed by atoms with van der Waals surface area (Å²) in [6.45, 7) is 2.24. The summed E-state index contributed by atoms with van der Waals surface area (Å²) in [5.74, 6) is 0. The van der Waals surface area contributed by atoms with Gasteiger partial charge in [-0.05, 0) is 59.6 Å². The maximum atomic E-state index is 13.2. The molecule has 0 aromatic heterocycles. The minimum Gasteiger partial charge on any atom is -0.253 e. The van der Waals surface area contributed by atoms with Crippen LogP contribution in [0.1, 0.15) is 17.2 Å². The second kappa shape index (κ2) is 10.7. The molecule has 168 valence electrons. The zero-order valence-electron chi connectivity index (χ0n) is 18.3. The molecule has 0 aliphatic carbocycles. The number of hydrogen-bond acceptors (Lipinski definition) is 3. The molecule has 4 aromatic rings. The maximum Gasteiger partial charge on any atom is 0.241 e. The van der Waals surface area contributed by atoms with Gasteiger partial charge in [0.25, 0.3) is 0 Å². The fourth-order valence-electron chi connectivity index (χ4n) is 3.40. The number of nitrogens with zero attached hydrogens (tertiary/aromatic N) is 1. The van der Waals surface area contributed by atoms with Crippen LogP contribution in [0.3, 0.4) is 0 Å². The van der Waals surface area contributed by atoms with Gasteiger partial charge in [0.2, 0.25) is 10.0 Å². The van der Waals surface area contributed by atoms with Crippen LogP contribution in [0, 0.1) is 6.92 Å². The predicted octanol–water partition coefficient (Wildman–Crippen LogP) is 5.93. The molecule has 6 heteroatoms. The Morgan fingerprint density at radius 3 is 1.73 bits per heavy atom. The third-order valence-electron chi connectivity index (χ3n) is 5.15. The summed E-state index contributed by atoms with van der Waals surface area (Å²) in [5.41, 5.74) is 1.89. The van der Waals surface area contributed by atoms with Crippen molar-refractivity contribution in [3.8, 4) is 0 Å². The lowest BCUT2D eigenvalue weighted by atomic mass is 10.1. The van der Waals surface area contributed by atoms with Gasteiger partial charge in [0.05, 0.1) is 17.5 Å². The Morgan fingerprint density at radius 2 is 1.21 bits per heavy atom. The molecule has 0 radical (unpaired) electrons. The Hall–Kier alpha value is -3.06. The summed E-state index contributed by atoms with van der Waals surface area (Å²) in [7, 11) is -4.24. The third kappa shape index (κ3) is 6.05. The van der Waals surface area contributed by atoms with E-state index in [-0.39, 0.29) is 4.90 Å². The number of aryl methyl sites for hydroxylation is 1. The van der Waals surface area contributed by atoms with Gasteiger partial charge in [0.1, 0.15) is 0 Å². The van der Waals surface area contributed by atoms with Crippen LogP contribution in [0.5, 0.6) is 0 Å². The smallest absolute Gasteiger partial charge is 0.241 e. The molecule has 4 nitrogen and oxygen atoms in total. The van der Waals surface area contributed by atoms with Gasteiger partial charge in [0, 0.05) is 9.79 Å². The van der Waals surface area contributed by atoms with Crippen molar-refractivity contribution in [1.82, 2.24) is 4.72 Å². The molecule has 4 aromatic carbocycles. The molecule has 0 aliphatic heterocycles. The molecular formula is C27H26N2O2S2. The van der Waals surface area contributed by atoms with Gasteiger partial charge < -0.3 is 0 Å². The number of sulfonamides is 1. The van der Waals surface area contributed by atoms with Crippen LogP contribution >= 0.6 is 0 Å². The minimum absolute atomic E-state index is 0.249. The summed E-state index contributed by atoms with van der Waals surface area (Å²) in [6.07, 6.45) is 0. The third-order valence-corrected chi connectivity index (χ3v) is 8.48. The zero-order chi connectivity index (χ0) is 23.1. The van der Waals surface area contributed by atoms with Crippen molar-refractivity contribution in [2.75, 3.05) is 6.54 Å². The van der Waals surface area contributed by atoms with E-state index in [2.05, 4.69) is 29.0 Å². The Morgan fingerprint density at radius 1 is 0.727 bits per heavy atom. The van der Waals surface area contributed by atoms with E-state index in [9.17, 15) is 8.42 Å². The predicted molar refractivity (Wildman–Crippen MR) is 135 cm³/mol. The van der Waals surface area contributed by atoms with Crippen LogP contribution in [0.2, 0.25) is 0 Å². The van der Waals surface area contributed by atoms with E-state index >= 15 is 0 Å². The Balaban J connectivity index is 1.70. The topological polar surface area (TPSA) is 58.5 Å². The van der Waals surface area contributed by atoms with Gasteiger partial charge in [0.15, 0.2) is 0 Å². The van der Waals surface area contributed by atoms with Crippen LogP contribution in [0.15, 0.2) is 134 Å². The number of benzene rings is 4. The van der Waals surface area contributed by atoms with Gasteiger partial charge in [-0.3, -0.25) is 4.36 Å². The number of hydrogen-bond donors (Lipinski definition) is 1. The molecule has 0 fully saturated rings. The molecule has 0 heterocycles. The highest BCUT2D eigenvalue weighted by Crippen LogP contribution is 2.22. The van der Waals surface area contributed by atoms with E-state index in [1.165, 1.54) is 0 Å². The summed E-state index contributed by atoms with van der Waals surface area (Å²) in [4.78, 5) is 2.44. The molecule has 0 bridgehead atoms. The van der Waals surface area contributed by atoms with Gasteiger partial charge in [-0.25, -0.2) is 13.1 Å². The molecule has 4 rings (SSSR count). The monoisotopic (exact) mass is 474 g/mol. The van der Waals surface area contributed by atoms with E-state index in [0.717, 1.165) is 20.9 Å². The fraction of sp³-hybridized carbons (Fsp3) is 0.111. The Labute approximate surface area is 198 Å². The average molecular weight is 475 g/mol. The lowest BCUT2D eigenvalue weighted by Crippen LogP contribution is -2.30. The second-order valence-electron chi connectivity index (χ2n) is 7.62. The molecule has 0 spiro atoms. The van der Waals surface area contributed by atoms with Gasteiger partial charge >= 0.3 is 0 Å². The molecule has 1 N–H and O–H groups in total. The van der Waals surface area contributed by atoms with Crippen LogP contribution < -0.4 is 4.72 Å². The van der Waals surface area contributed by atoms with Crippen molar-refractivity contribution in [1.29, 1.82) is 0 Å². The van der Waals surface area contributed by atoms with Crippen molar-refractivity contribution in [3.05, 3.63) is 126 Å². The van der Waals surface area contributed by atoms with Crippen molar-refractivity contribution < 1.29 is 8.42 Å². The maximum absolute atomic E-state index is 13.2. The molecule has 0 saturated heterocycles. The van der Waals surface area contributed by atoms with E-state index in [4.69, 9.17) is 4.36 Å². The number of nitrogens with one attached hydrogen (secondary N) is 1. The van der Waals surface area contributed by atoms with Crippen LogP contribution in [0.4, 0.5) is 0 Å². The molecule has 1 unspecified atom stereocenters. The van der Waals surface area contributed by atoms with E-state index in [0.29, 0.717) is 6.54 Å². The highest BCUT2D eigenvalue weighted by atomic mass is 32.2. The SMILES string of the molecule is Cc1ccc(S(=O)(=O)NC(CN=S(c2ccccc2)c2ccccc2)c2ccccc2)cc1. The summed E-state index contributed by atoms with van der Waals surface area (Å²) in [5, 5.41) is 0. The lowest BCUT2D eigenvalue weighted by Gasteiger charge is -2.19. The minimum atomic E-state index is -3.71. The van der Waals surface area contributed by atoms with Crippen molar-refractivity contribution >= 4 is 20.7 Å². The highest BCUT2D eigenvalue weighted by molar-refractivity contribution is 7.89. The first kappa shape index (κ1) is 23.1. The fourth-order valence-corrected chi connectivity index (χ4v) is 6.32. The normalized spacial score (nSPS) is 12.4. The van der Waals surface area contributed by atoms with Crippen molar-refractivity contribution in [2.45, 2.75) is 27.7 Å². The Bertz CT molecular complexity index is 1270. The summed E-state index contributed by atoms with van der Waals surface area (Å²) >= 11 is 0. The molecule has 0 saturated carbocycles. The van der Waals surface area contributed by atoms with E-state index < -0.39 is 26.8 Å². The molecular weight excluding hydrogens is 448 g/mol. The number of rotatable bonds is 8. The highest BCUT2D eigenvalue weighted by Gasteiger charge is 2.21. The summed E-state index contributed by atoms with van der Waals surface area (Å²) < 4.78 is 34.2. The van der Waals surface area contributed by atoms with Gasteiger partial charge in [-0.15, -0.1) is 0 Å². The van der Waals surface area contributed by atoms with Gasteiger partial charge in [-0.2, -0.15) is 0 Å². The molecule has 33 heavy (non-hydrogen) atoms. The average Bonchev–Trinajstić information content (AvgIpc) is 2.85.